The lowest BCUT2D eigenvalue weighted by Gasteiger charge is -2.29. The predicted octanol–water partition coefficient (Wildman–Crippen LogP) is 2.80. The number of carbonyl (C=O) groups is 2. The number of likely N-dealkylation sites (N-methyl/N-ethyl adjacent to an activating group) is 1. The third-order valence-corrected chi connectivity index (χ3v) is 4.54. The minimum Gasteiger partial charge on any atom is -0.497 e. The molecule has 0 fully saturated rings. The van der Waals surface area contributed by atoms with Crippen LogP contribution in [0.4, 0.5) is 0 Å². The van der Waals surface area contributed by atoms with E-state index in [-0.39, 0.29) is 18.2 Å². The molecule has 28 heavy (non-hydrogen) atoms. The first-order valence-corrected chi connectivity index (χ1v) is 9.31. The maximum Gasteiger partial charge on any atom is 0.242 e. The van der Waals surface area contributed by atoms with Crippen LogP contribution in [0.5, 0.6) is 11.5 Å². The summed E-state index contributed by atoms with van der Waals surface area (Å²) in [6.07, 6.45) is 0.212. The maximum atomic E-state index is 13.0. The van der Waals surface area contributed by atoms with E-state index < -0.39 is 6.04 Å². The standard InChI is InChI=1S/C22H28N2O4/c1-5-23-22(26)16(2)24(15-18-8-12-20(28-4)13-9-18)21(25)14-17-6-10-19(27-3)11-7-17/h6-13,16H,5,14-15H2,1-4H3,(H,23,26)/t16-/m0/s1. The molecule has 0 spiro atoms. The van der Waals surface area contributed by atoms with E-state index in [2.05, 4.69) is 5.32 Å². The molecule has 6 heteroatoms. The summed E-state index contributed by atoms with van der Waals surface area (Å²) in [5.41, 5.74) is 1.80. The molecule has 0 saturated heterocycles. The van der Waals surface area contributed by atoms with E-state index >= 15 is 0 Å². The first-order chi connectivity index (χ1) is 13.5. The van der Waals surface area contributed by atoms with Gasteiger partial charge < -0.3 is 19.7 Å². The smallest absolute Gasteiger partial charge is 0.242 e. The zero-order valence-electron chi connectivity index (χ0n) is 16.9. The lowest BCUT2D eigenvalue weighted by Crippen LogP contribution is -2.48. The van der Waals surface area contributed by atoms with Crippen LogP contribution in [0.25, 0.3) is 0 Å². The summed E-state index contributed by atoms with van der Waals surface area (Å²) in [5, 5.41) is 2.79. The Morgan fingerprint density at radius 3 is 1.89 bits per heavy atom. The summed E-state index contributed by atoms with van der Waals surface area (Å²) in [5.74, 6) is 1.21. The van der Waals surface area contributed by atoms with E-state index in [0.29, 0.717) is 13.1 Å². The highest BCUT2D eigenvalue weighted by atomic mass is 16.5. The Kier molecular flexibility index (Phi) is 7.87. The van der Waals surface area contributed by atoms with Gasteiger partial charge in [-0.1, -0.05) is 24.3 Å². The summed E-state index contributed by atoms with van der Waals surface area (Å²) < 4.78 is 10.3. The van der Waals surface area contributed by atoms with Crippen LogP contribution >= 0.6 is 0 Å². The van der Waals surface area contributed by atoms with Crippen molar-refractivity contribution in [1.29, 1.82) is 0 Å². The van der Waals surface area contributed by atoms with E-state index in [1.807, 2.05) is 55.5 Å². The second-order valence-electron chi connectivity index (χ2n) is 6.47. The van der Waals surface area contributed by atoms with Crippen molar-refractivity contribution >= 4 is 11.8 Å². The monoisotopic (exact) mass is 384 g/mol. The number of hydrogen-bond donors (Lipinski definition) is 1. The van der Waals surface area contributed by atoms with Crippen LogP contribution in [0.1, 0.15) is 25.0 Å². The number of amides is 2. The first kappa shape index (κ1) is 21.3. The van der Waals surface area contributed by atoms with Crippen molar-refractivity contribution in [1.82, 2.24) is 10.2 Å². The minimum atomic E-state index is -0.576. The lowest BCUT2D eigenvalue weighted by atomic mass is 10.1. The molecular weight excluding hydrogens is 356 g/mol. The zero-order valence-corrected chi connectivity index (χ0v) is 16.9. The number of nitrogens with one attached hydrogen (secondary N) is 1. The van der Waals surface area contributed by atoms with Crippen molar-refractivity contribution in [2.24, 2.45) is 0 Å². The van der Waals surface area contributed by atoms with Gasteiger partial charge in [-0.2, -0.15) is 0 Å². The summed E-state index contributed by atoms with van der Waals surface area (Å²) >= 11 is 0. The second-order valence-corrected chi connectivity index (χ2v) is 6.47. The molecule has 0 saturated carbocycles. The van der Waals surface area contributed by atoms with Gasteiger partial charge in [0, 0.05) is 13.1 Å². The molecule has 2 rings (SSSR count). The molecular formula is C22H28N2O4. The van der Waals surface area contributed by atoms with E-state index in [9.17, 15) is 9.59 Å². The number of ether oxygens (including phenoxy) is 2. The summed E-state index contributed by atoms with van der Waals surface area (Å²) in [7, 11) is 3.21. The predicted molar refractivity (Wildman–Crippen MR) is 108 cm³/mol. The maximum absolute atomic E-state index is 13.0. The average Bonchev–Trinajstić information content (AvgIpc) is 2.72. The zero-order chi connectivity index (χ0) is 20.5. The molecule has 0 aliphatic heterocycles. The Morgan fingerprint density at radius 1 is 0.929 bits per heavy atom. The quantitative estimate of drug-likeness (QED) is 0.722. The molecule has 0 radical (unpaired) electrons. The fraction of sp³-hybridized carbons (Fsp3) is 0.364. The van der Waals surface area contributed by atoms with E-state index in [1.54, 1.807) is 26.0 Å². The minimum absolute atomic E-state index is 0.111. The van der Waals surface area contributed by atoms with Crippen LogP contribution in [0.15, 0.2) is 48.5 Å². The van der Waals surface area contributed by atoms with Gasteiger partial charge in [-0.25, -0.2) is 0 Å². The summed E-state index contributed by atoms with van der Waals surface area (Å²) in [4.78, 5) is 27.0. The van der Waals surface area contributed by atoms with Crippen molar-refractivity contribution in [2.45, 2.75) is 32.9 Å². The Labute approximate surface area is 166 Å². The first-order valence-electron chi connectivity index (χ1n) is 9.31. The molecule has 2 aromatic rings. The Hall–Kier alpha value is -3.02. The molecule has 2 aromatic carbocycles. The summed E-state index contributed by atoms with van der Waals surface area (Å²) in [6, 6.07) is 14.3. The largest absolute Gasteiger partial charge is 0.497 e. The SMILES string of the molecule is CCNC(=O)[C@H](C)N(Cc1ccc(OC)cc1)C(=O)Cc1ccc(OC)cc1. The molecule has 0 aliphatic rings. The molecule has 0 unspecified atom stereocenters. The van der Waals surface area contributed by atoms with Crippen molar-refractivity contribution in [3.05, 3.63) is 59.7 Å². The molecule has 150 valence electrons. The Balaban J connectivity index is 2.19. The summed E-state index contributed by atoms with van der Waals surface area (Å²) in [6.45, 7) is 4.47. The van der Waals surface area contributed by atoms with Gasteiger partial charge >= 0.3 is 0 Å². The van der Waals surface area contributed by atoms with Crippen LogP contribution in [0.3, 0.4) is 0 Å². The number of methoxy groups -OCH3 is 2. The Morgan fingerprint density at radius 2 is 1.43 bits per heavy atom. The van der Waals surface area contributed by atoms with Crippen LogP contribution in [0, 0.1) is 0 Å². The van der Waals surface area contributed by atoms with Crippen LogP contribution in [0.2, 0.25) is 0 Å². The van der Waals surface area contributed by atoms with E-state index in [4.69, 9.17) is 9.47 Å². The van der Waals surface area contributed by atoms with Gasteiger partial charge in [-0.15, -0.1) is 0 Å². The van der Waals surface area contributed by atoms with Crippen molar-refractivity contribution in [3.8, 4) is 11.5 Å². The van der Waals surface area contributed by atoms with Crippen molar-refractivity contribution < 1.29 is 19.1 Å². The normalized spacial score (nSPS) is 11.4. The molecule has 0 aromatic heterocycles. The fourth-order valence-corrected chi connectivity index (χ4v) is 2.85. The van der Waals surface area contributed by atoms with Crippen LogP contribution in [-0.2, 0) is 22.6 Å². The van der Waals surface area contributed by atoms with Crippen molar-refractivity contribution in [3.63, 3.8) is 0 Å². The molecule has 6 nitrogen and oxygen atoms in total. The van der Waals surface area contributed by atoms with Gasteiger partial charge in [0.25, 0.3) is 0 Å². The van der Waals surface area contributed by atoms with Gasteiger partial charge in [0.2, 0.25) is 11.8 Å². The number of nitrogens with zero attached hydrogens (tertiary/aromatic N) is 1. The van der Waals surface area contributed by atoms with Gasteiger partial charge in [-0.3, -0.25) is 9.59 Å². The van der Waals surface area contributed by atoms with Gasteiger partial charge in [0.15, 0.2) is 0 Å². The number of benzene rings is 2. The lowest BCUT2D eigenvalue weighted by molar-refractivity contribution is -0.140. The molecule has 1 atom stereocenters. The Bertz CT molecular complexity index is 772. The number of hydrogen-bond acceptors (Lipinski definition) is 4. The topological polar surface area (TPSA) is 67.9 Å². The van der Waals surface area contributed by atoms with Crippen LogP contribution in [-0.4, -0.2) is 43.5 Å². The van der Waals surface area contributed by atoms with E-state index in [0.717, 1.165) is 22.6 Å². The molecule has 0 bridgehead atoms. The van der Waals surface area contributed by atoms with Gasteiger partial charge in [0.1, 0.15) is 17.5 Å². The molecule has 0 aliphatic carbocycles. The van der Waals surface area contributed by atoms with Crippen molar-refractivity contribution in [2.75, 3.05) is 20.8 Å². The highest BCUT2D eigenvalue weighted by Gasteiger charge is 2.25. The second kappa shape index (κ2) is 10.3. The van der Waals surface area contributed by atoms with Crippen LogP contribution < -0.4 is 14.8 Å². The number of carbonyl (C=O) groups excluding carboxylic acids is 2. The molecule has 0 heterocycles. The highest BCUT2D eigenvalue weighted by Crippen LogP contribution is 2.17. The average molecular weight is 384 g/mol. The third kappa shape index (κ3) is 5.74. The highest BCUT2D eigenvalue weighted by molar-refractivity contribution is 5.88. The third-order valence-electron chi connectivity index (χ3n) is 4.54. The van der Waals surface area contributed by atoms with Gasteiger partial charge in [-0.05, 0) is 49.2 Å². The molecule has 2 amide bonds. The number of rotatable bonds is 9. The molecule has 1 N–H and O–H groups in total. The fourth-order valence-electron chi connectivity index (χ4n) is 2.85. The van der Waals surface area contributed by atoms with Gasteiger partial charge in [0.05, 0.1) is 20.6 Å². The van der Waals surface area contributed by atoms with E-state index in [1.165, 1.54) is 0 Å².